The van der Waals surface area contributed by atoms with E-state index in [9.17, 15) is 14.7 Å². The van der Waals surface area contributed by atoms with Crippen LogP contribution in [0.5, 0.6) is 0 Å². The van der Waals surface area contributed by atoms with Crippen molar-refractivity contribution in [2.24, 2.45) is 5.92 Å². The zero-order valence-corrected chi connectivity index (χ0v) is 11.1. The van der Waals surface area contributed by atoms with Gasteiger partial charge in [0, 0.05) is 5.92 Å². The van der Waals surface area contributed by atoms with E-state index in [1.165, 1.54) is 7.11 Å². The number of carbonyl (C=O) groups excluding carboxylic acids is 2. The molecule has 0 aromatic heterocycles. The van der Waals surface area contributed by atoms with Gasteiger partial charge in [-0.05, 0) is 12.8 Å². The van der Waals surface area contributed by atoms with E-state index in [4.69, 9.17) is 4.74 Å². The Hall–Kier alpha value is -1.30. The fourth-order valence-corrected chi connectivity index (χ4v) is 2.01. The summed E-state index contributed by atoms with van der Waals surface area (Å²) in [7, 11) is 1.26. The molecule has 3 atom stereocenters. The second-order valence-corrected chi connectivity index (χ2v) is 4.54. The van der Waals surface area contributed by atoms with Crippen LogP contribution in [-0.4, -0.2) is 48.1 Å². The summed E-state index contributed by atoms with van der Waals surface area (Å²) in [5.74, 6) is -0.696. The summed E-state index contributed by atoms with van der Waals surface area (Å²) in [5, 5.41) is 9.92. The maximum absolute atomic E-state index is 11.8. The van der Waals surface area contributed by atoms with Crippen molar-refractivity contribution in [3.63, 3.8) is 0 Å². The number of nitrogens with zero attached hydrogens (tertiary/aromatic N) is 1. The van der Waals surface area contributed by atoms with Gasteiger partial charge < -0.3 is 14.6 Å². The van der Waals surface area contributed by atoms with E-state index in [0.29, 0.717) is 13.0 Å². The van der Waals surface area contributed by atoms with E-state index in [0.717, 1.165) is 17.7 Å². The fourth-order valence-electron chi connectivity index (χ4n) is 2.01. The first kappa shape index (κ1) is 14.8. The molecule has 1 amide bonds. The van der Waals surface area contributed by atoms with Gasteiger partial charge in [0.25, 0.3) is 0 Å². The van der Waals surface area contributed by atoms with Crippen molar-refractivity contribution >= 4 is 12.1 Å². The highest BCUT2D eigenvalue weighted by Gasteiger charge is 2.45. The predicted molar refractivity (Wildman–Crippen MR) is 63.7 cm³/mol. The molecule has 104 valence electrons. The van der Waals surface area contributed by atoms with Gasteiger partial charge in [-0.25, -0.2) is 9.59 Å². The molecule has 0 spiro atoms. The Morgan fingerprint density at radius 2 is 2.11 bits per heavy atom. The third kappa shape index (κ3) is 3.13. The minimum Gasteiger partial charge on any atom is -0.467 e. The molecule has 18 heavy (non-hydrogen) atoms. The van der Waals surface area contributed by atoms with Gasteiger partial charge in [-0.15, -0.1) is 0 Å². The second kappa shape index (κ2) is 6.58. The normalized spacial score (nSPS) is 27.1. The van der Waals surface area contributed by atoms with Crippen molar-refractivity contribution in [2.75, 3.05) is 13.7 Å². The maximum atomic E-state index is 11.8. The largest absolute Gasteiger partial charge is 0.467 e. The number of likely N-dealkylation sites (tertiary alicyclic amines) is 1. The maximum Gasteiger partial charge on any atom is 0.412 e. The van der Waals surface area contributed by atoms with Crippen LogP contribution in [0.2, 0.25) is 0 Å². The first-order chi connectivity index (χ1) is 8.52. The monoisotopic (exact) mass is 259 g/mol. The summed E-state index contributed by atoms with van der Waals surface area (Å²) < 4.78 is 9.67. The first-order valence-corrected chi connectivity index (χ1v) is 6.23. The number of methoxy groups -OCH3 is 1. The van der Waals surface area contributed by atoms with E-state index in [1.807, 2.05) is 6.92 Å². The van der Waals surface area contributed by atoms with Crippen LogP contribution >= 0.6 is 0 Å². The van der Waals surface area contributed by atoms with E-state index < -0.39 is 24.3 Å². The van der Waals surface area contributed by atoms with Crippen LogP contribution in [0, 0.1) is 5.92 Å². The second-order valence-electron chi connectivity index (χ2n) is 4.54. The van der Waals surface area contributed by atoms with Gasteiger partial charge in [-0.3, -0.25) is 4.90 Å². The standard InChI is InChI=1S/C12H21NO5/c1-4-5-6-18-12(16)13-9(11(15)17-3)7-8(2)10(13)14/h8-10,14H,4-7H2,1-3H3. The van der Waals surface area contributed by atoms with Crippen LogP contribution in [-0.2, 0) is 14.3 Å². The van der Waals surface area contributed by atoms with Crippen LogP contribution in [0.3, 0.4) is 0 Å². The Labute approximate surface area is 107 Å². The van der Waals surface area contributed by atoms with E-state index in [-0.39, 0.29) is 5.92 Å². The third-order valence-corrected chi connectivity index (χ3v) is 3.13. The molecular weight excluding hydrogens is 238 g/mol. The number of aliphatic hydroxyl groups excluding tert-OH is 1. The summed E-state index contributed by atoms with van der Waals surface area (Å²) in [5.41, 5.74) is 0. The zero-order chi connectivity index (χ0) is 13.7. The molecule has 0 aromatic carbocycles. The molecule has 1 aliphatic rings. The van der Waals surface area contributed by atoms with Crippen LogP contribution in [0.4, 0.5) is 4.79 Å². The van der Waals surface area contributed by atoms with Crippen molar-refractivity contribution in [1.29, 1.82) is 0 Å². The molecule has 6 nitrogen and oxygen atoms in total. The summed E-state index contributed by atoms with van der Waals surface area (Å²) in [6, 6.07) is -0.755. The number of amides is 1. The van der Waals surface area contributed by atoms with Crippen molar-refractivity contribution in [3.05, 3.63) is 0 Å². The summed E-state index contributed by atoms with van der Waals surface area (Å²) in [4.78, 5) is 24.5. The van der Waals surface area contributed by atoms with Crippen LogP contribution in [0.1, 0.15) is 33.1 Å². The molecule has 1 saturated heterocycles. The lowest BCUT2D eigenvalue weighted by molar-refractivity contribution is -0.147. The highest BCUT2D eigenvalue weighted by atomic mass is 16.6. The number of esters is 1. The predicted octanol–water partition coefficient (Wildman–Crippen LogP) is 1.12. The zero-order valence-electron chi connectivity index (χ0n) is 11.1. The molecule has 3 unspecified atom stereocenters. The van der Waals surface area contributed by atoms with Gasteiger partial charge in [0.2, 0.25) is 0 Å². The number of rotatable bonds is 4. The minimum atomic E-state index is -0.997. The summed E-state index contributed by atoms with van der Waals surface area (Å²) >= 11 is 0. The molecule has 0 aliphatic carbocycles. The van der Waals surface area contributed by atoms with E-state index >= 15 is 0 Å². The van der Waals surface area contributed by atoms with Gasteiger partial charge in [0.15, 0.2) is 0 Å². The number of aliphatic hydroxyl groups is 1. The first-order valence-electron chi connectivity index (χ1n) is 6.23. The lowest BCUT2D eigenvalue weighted by Crippen LogP contribution is -2.46. The Bertz CT molecular complexity index is 307. The number of hydrogen-bond acceptors (Lipinski definition) is 5. The quantitative estimate of drug-likeness (QED) is 0.605. The Morgan fingerprint density at radius 3 is 2.67 bits per heavy atom. The van der Waals surface area contributed by atoms with Crippen molar-refractivity contribution in [2.45, 2.75) is 45.4 Å². The number of hydrogen-bond donors (Lipinski definition) is 1. The number of ether oxygens (including phenoxy) is 2. The Morgan fingerprint density at radius 1 is 1.44 bits per heavy atom. The highest BCUT2D eigenvalue weighted by Crippen LogP contribution is 2.29. The molecule has 1 rings (SSSR count). The van der Waals surface area contributed by atoms with E-state index in [2.05, 4.69) is 4.74 Å². The van der Waals surface area contributed by atoms with Crippen molar-refractivity contribution in [1.82, 2.24) is 4.90 Å². The molecule has 6 heteroatoms. The molecule has 0 aromatic rings. The minimum absolute atomic E-state index is 0.173. The molecule has 1 fully saturated rings. The smallest absolute Gasteiger partial charge is 0.412 e. The van der Waals surface area contributed by atoms with Crippen LogP contribution in [0.15, 0.2) is 0 Å². The fraction of sp³-hybridized carbons (Fsp3) is 0.833. The van der Waals surface area contributed by atoms with Crippen LogP contribution < -0.4 is 0 Å². The van der Waals surface area contributed by atoms with Gasteiger partial charge in [-0.2, -0.15) is 0 Å². The average Bonchev–Trinajstić information content (AvgIpc) is 2.65. The van der Waals surface area contributed by atoms with Crippen molar-refractivity contribution < 1.29 is 24.2 Å². The van der Waals surface area contributed by atoms with Crippen LogP contribution in [0.25, 0.3) is 0 Å². The highest BCUT2D eigenvalue weighted by molar-refractivity contribution is 5.82. The van der Waals surface area contributed by atoms with Gasteiger partial charge in [-0.1, -0.05) is 20.3 Å². The molecular formula is C12H21NO5. The molecule has 0 bridgehead atoms. The topological polar surface area (TPSA) is 76.1 Å². The molecule has 1 heterocycles. The SMILES string of the molecule is CCCCOC(=O)N1C(C(=O)OC)CC(C)C1O. The van der Waals surface area contributed by atoms with Gasteiger partial charge in [0.1, 0.15) is 12.3 Å². The lowest BCUT2D eigenvalue weighted by atomic mass is 10.1. The summed E-state index contributed by atoms with van der Waals surface area (Å²) in [6.07, 6.45) is 0.399. The molecule has 1 N–H and O–H groups in total. The third-order valence-electron chi connectivity index (χ3n) is 3.13. The molecule has 0 saturated carbocycles. The van der Waals surface area contributed by atoms with Gasteiger partial charge in [0.05, 0.1) is 13.7 Å². The lowest BCUT2D eigenvalue weighted by Gasteiger charge is -2.25. The number of carbonyl (C=O) groups is 2. The average molecular weight is 259 g/mol. The summed E-state index contributed by atoms with van der Waals surface area (Å²) in [6.45, 7) is 4.05. The Balaban J connectivity index is 2.68. The van der Waals surface area contributed by atoms with Gasteiger partial charge >= 0.3 is 12.1 Å². The Kier molecular flexibility index (Phi) is 5.40. The van der Waals surface area contributed by atoms with Crippen molar-refractivity contribution in [3.8, 4) is 0 Å². The van der Waals surface area contributed by atoms with E-state index in [1.54, 1.807) is 6.92 Å². The molecule has 1 aliphatic heterocycles. The molecule has 0 radical (unpaired) electrons. The number of unbranched alkanes of at least 4 members (excludes halogenated alkanes) is 1.